The standard InChI is InChI=1S/C27H30N6O5/c1-4-31(5-2)18-6-7-19-17(3)20(24(35)38-22(19)14-18)8-12-33-25(36)27(30-26(33)37)9-13-32(16-27)23(34)21-15-28-10-11-29-21/h6-7,10-11,14-15H,4-5,8-9,12-13,16H2,1-3H3,(H,30,37). The molecule has 0 saturated carbocycles. The fourth-order valence-corrected chi connectivity index (χ4v) is 5.39. The van der Waals surface area contributed by atoms with Gasteiger partial charge in [-0.2, -0.15) is 0 Å². The molecule has 2 aromatic heterocycles. The predicted octanol–water partition coefficient (Wildman–Crippen LogP) is 2.12. The summed E-state index contributed by atoms with van der Waals surface area (Å²) in [5.74, 6) is -0.743. The Hall–Kier alpha value is -4.28. The van der Waals surface area contributed by atoms with Crippen molar-refractivity contribution in [3.63, 3.8) is 0 Å². The van der Waals surface area contributed by atoms with Gasteiger partial charge in [0.15, 0.2) is 0 Å². The Morgan fingerprint density at radius 1 is 1.18 bits per heavy atom. The van der Waals surface area contributed by atoms with Gasteiger partial charge in [-0.15, -0.1) is 0 Å². The van der Waals surface area contributed by atoms with Gasteiger partial charge < -0.3 is 19.5 Å². The summed E-state index contributed by atoms with van der Waals surface area (Å²) in [6, 6.07) is 5.28. The Morgan fingerprint density at radius 3 is 2.68 bits per heavy atom. The molecular formula is C27H30N6O5. The van der Waals surface area contributed by atoms with E-state index in [9.17, 15) is 19.2 Å². The van der Waals surface area contributed by atoms with Crippen LogP contribution in [0.2, 0.25) is 0 Å². The average Bonchev–Trinajstić information content (AvgIpc) is 3.45. The monoisotopic (exact) mass is 518 g/mol. The van der Waals surface area contributed by atoms with Gasteiger partial charge in [0.05, 0.1) is 12.7 Å². The second-order valence-corrected chi connectivity index (χ2v) is 9.63. The minimum Gasteiger partial charge on any atom is -0.422 e. The fraction of sp³-hybridized carbons (Fsp3) is 0.407. The number of amides is 4. The number of fused-ring (bicyclic) bond motifs is 1. The largest absolute Gasteiger partial charge is 0.422 e. The molecule has 2 saturated heterocycles. The normalized spacial score (nSPS) is 19.0. The summed E-state index contributed by atoms with van der Waals surface area (Å²) in [6.45, 7) is 8.04. The van der Waals surface area contributed by atoms with Gasteiger partial charge in [-0.3, -0.25) is 19.5 Å². The molecule has 2 aliphatic rings. The van der Waals surface area contributed by atoms with Crippen molar-refractivity contribution in [1.82, 2.24) is 25.1 Å². The summed E-state index contributed by atoms with van der Waals surface area (Å²) in [5.41, 5.74) is 1.21. The molecule has 38 heavy (non-hydrogen) atoms. The van der Waals surface area contributed by atoms with Crippen LogP contribution in [0.4, 0.5) is 10.5 Å². The van der Waals surface area contributed by atoms with Crippen molar-refractivity contribution in [3.05, 3.63) is 64.0 Å². The third kappa shape index (κ3) is 4.27. The first-order valence-electron chi connectivity index (χ1n) is 12.8. The highest BCUT2D eigenvalue weighted by molar-refractivity contribution is 6.08. The Labute approximate surface area is 219 Å². The van der Waals surface area contributed by atoms with Crippen LogP contribution in [0, 0.1) is 6.92 Å². The number of carbonyl (C=O) groups excluding carboxylic acids is 3. The van der Waals surface area contributed by atoms with Crippen LogP contribution < -0.4 is 15.8 Å². The van der Waals surface area contributed by atoms with E-state index in [1.165, 1.54) is 23.5 Å². The summed E-state index contributed by atoms with van der Waals surface area (Å²) >= 11 is 0. The van der Waals surface area contributed by atoms with Gasteiger partial charge in [-0.05, 0) is 51.3 Å². The molecule has 4 amide bonds. The van der Waals surface area contributed by atoms with Crippen LogP contribution in [0.1, 0.15) is 41.9 Å². The van der Waals surface area contributed by atoms with E-state index in [2.05, 4.69) is 34.0 Å². The summed E-state index contributed by atoms with van der Waals surface area (Å²) in [5, 5.41) is 3.61. The number of hydrogen-bond donors (Lipinski definition) is 1. The molecule has 1 unspecified atom stereocenters. The highest BCUT2D eigenvalue weighted by atomic mass is 16.4. The number of carbonyl (C=O) groups is 3. The second-order valence-electron chi connectivity index (χ2n) is 9.63. The topological polar surface area (TPSA) is 129 Å². The van der Waals surface area contributed by atoms with E-state index in [0.29, 0.717) is 24.1 Å². The molecule has 2 aliphatic heterocycles. The van der Waals surface area contributed by atoms with E-state index >= 15 is 0 Å². The fourth-order valence-electron chi connectivity index (χ4n) is 5.39. The SMILES string of the molecule is CCN(CC)c1ccc2c(C)c(CCN3C(=O)NC4(CCN(C(=O)c5cnccn5)C4)C3=O)c(=O)oc2c1. The van der Waals surface area contributed by atoms with Gasteiger partial charge in [0.2, 0.25) is 0 Å². The zero-order valence-electron chi connectivity index (χ0n) is 21.7. The molecule has 2 fully saturated rings. The lowest BCUT2D eigenvalue weighted by Crippen LogP contribution is -2.50. The lowest BCUT2D eigenvalue weighted by Gasteiger charge is -2.22. The van der Waals surface area contributed by atoms with E-state index in [-0.39, 0.29) is 31.1 Å². The van der Waals surface area contributed by atoms with Crippen LogP contribution in [0.15, 0.2) is 46.0 Å². The van der Waals surface area contributed by atoms with E-state index in [1.54, 1.807) is 0 Å². The molecule has 0 aliphatic carbocycles. The average molecular weight is 519 g/mol. The first-order chi connectivity index (χ1) is 18.3. The van der Waals surface area contributed by atoms with Crippen LogP contribution in [0.5, 0.6) is 0 Å². The van der Waals surface area contributed by atoms with Crippen molar-refractivity contribution in [2.45, 2.75) is 39.2 Å². The van der Waals surface area contributed by atoms with Gasteiger partial charge in [0.25, 0.3) is 11.8 Å². The van der Waals surface area contributed by atoms with Gasteiger partial charge in [-0.25, -0.2) is 14.6 Å². The highest BCUT2D eigenvalue weighted by Gasteiger charge is 2.55. The van der Waals surface area contributed by atoms with Crippen LogP contribution in [-0.2, 0) is 11.2 Å². The summed E-state index contributed by atoms with van der Waals surface area (Å²) in [6.07, 6.45) is 4.74. The maximum absolute atomic E-state index is 13.4. The first kappa shape index (κ1) is 25.4. The molecule has 1 aromatic carbocycles. The Balaban J connectivity index is 1.32. The van der Waals surface area contributed by atoms with Gasteiger partial charge in [0.1, 0.15) is 16.8 Å². The number of urea groups is 1. The number of benzene rings is 1. The smallest absolute Gasteiger partial charge is 0.339 e. The van der Waals surface area contributed by atoms with Crippen molar-refractivity contribution >= 4 is 34.5 Å². The van der Waals surface area contributed by atoms with Crippen molar-refractivity contribution in [2.24, 2.45) is 0 Å². The molecule has 11 nitrogen and oxygen atoms in total. The molecule has 1 spiro atoms. The molecular weight excluding hydrogens is 488 g/mol. The Bertz CT molecular complexity index is 1470. The van der Waals surface area contributed by atoms with Crippen molar-refractivity contribution < 1.29 is 18.8 Å². The number of hydrogen-bond acceptors (Lipinski definition) is 8. The van der Waals surface area contributed by atoms with E-state index < -0.39 is 23.1 Å². The van der Waals surface area contributed by atoms with Gasteiger partial charge >= 0.3 is 11.7 Å². The molecule has 4 heterocycles. The second kappa shape index (κ2) is 9.88. The van der Waals surface area contributed by atoms with E-state index in [4.69, 9.17) is 4.42 Å². The number of nitrogens with zero attached hydrogens (tertiary/aromatic N) is 5. The number of imide groups is 1. The number of anilines is 1. The third-order valence-electron chi connectivity index (χ3n) is 7.57. The van der Waals surface area contributed by atoms with Crippen molar-refractivity contribution in [1.29, 1.82) is 0 Å². The molecule has 5 rings (SSSR count). The Morgan fingerprint density at radius 2 is 1.97 bits per heavy atom. The van der Waals surface area contributed by atoms with Crippen LogP contribution in [0.3, 0.4) is 0 Å². The number of nitrogens with one attached hydrogen (secondary N) is 1. The number of likely N-dealkylation sites (tertiary alicyclic amines) is 1. The van der Waals surface area contributed by atoms with Crippen molar-refractivity contribution in [3.8, 4) is 0 Å². The quantitative estimate of drug-likeness (QED) is 0.372. The molecule has 1 N–H and O–H groups in total. The van der Waals surface area contributed by atoms with E-state index in [1.807, 2.05) is 25.1 Å². The summed E-state index contributed by atoms with van der Waals surface area (Å²) < 4.78 is 5.66. The summed E-state index contributed by atoms with van der Waals surface area (Å²) in [7, 11) is 0. The number of rotatable bonds is 7. The maximum Gasteiger partial charge on any atom is 0.339 e. The molecule has 0 bridgehead atoms. The zero-order valence-corrected chi connectivity index (χ0v) is 21.7. The lowest BCUT2D eigenvalue weighted by atomic mass is 9.98. The molecule has 3 aromatic rings. The van der Waals surface area contributed by atoms with Crippen LogP contribution in [0.25, 0.3) is 11.0 Å². The van der Waals surface area contributed by atoms with E-state index in [0.717, 1.165) is 34.6 Å². The molecule has 198 valence electrons. The van der Waals surface area contributed by atoms with Crippen molar-refractivity contribution in [2.75, 3.05) is 37.6 Å². The highest BCUT2D eigenvalue weighted by Crippen LogP contribution is 2.30. The predicted molar refractivity (Wildman–Crippen MR) is 140 cm³/mol. The van der Waals surface area contributed by atoms with Gasteiger partial charge in [0, 0.05) is 61.3 Å². The number of aromatic nitrogens is 2. The Kier molecular flexibility index (Phi) is 6.60. The van der Waals surface area contributed by atoms with Gasteiger partial charge in [-0.1, -0.05) is 0 Å². The van der Waals surface area contributed by atoms with Crippen LogP contribution in [-0.4, -0.2) is 75.9 Å². The maximum atomic E-state index is 13.4. The first-order valence-corrected chi connectivity index (χ1v) is 12.8. The molecule has 1 atom stereocenters. The lowest BCUT2D eigenvalue weighted by molar-refractivity contribution is -0.130. The zero-order chi connectivity index (χ0) is 27.0. The van der Waals surface area contributed by atoms with Crippen LogP contribution >= 0.6 is 0 Å². The minimum atomic E-state index is -1.18. The molecule has 11 heteroatoms. The minimum absolute atomic E-state index is 0.0269. The summed E-state index contributed by atoms with van der Waals surface area (Å²) in [4.78, 5) is 64.6. The molecule has 0 radical (unpaired) electrons. The number of aryl methyl sites for hydroxylation is 1. The third-order valence-corrected chi connectivity index (χ3v) is 7.57.